The molecule has 2 saturated heterocycles. The third-order valence-electron chi connectivity index (χ3n) is 7.79. The minimum atomic E-state index is -1.20. The zero-order valence-electron chi connectivity index (χ0n) is 21.4. The normalized spacial score (nSPS) is 25.1. The van der Waals surface area contributed by atoms with Crippen LogP contribution in [0.5, 0.6) is 5.75 Å². The number of pyridine rings is 1. The number of fused-ring (bicyclic) bond motifs is 3. The number of nitrogens with zero attached hydrogens (tertiary/aromatic N) is 2. The molecule has 11 heteroatoms. The van der Waals surface area contributed by atoms with Crippen LogP contribution in [0.1, 0.15) is 30.5 Å². The molecule has 10 nitrogen and oxygen atoms in total. The van der Waals surface area contributed by atoms with Gasteiger partial charge in [-0.1, -0.05) is 24.3 Å². The van der Waals surface area contributed by atoms with Crippen molar-refractivity contribution < 1.29 is 39.0 Å². The van der Waals surface area contributed by atoms with Gasteiger partial charge >= 0.3 is 13.2 Å². The van der Waals surface area contributed by atoms with Crippen molar-refractivity contribution in [3.63, 3.8) is 0 Å². The van der Waals surface area contributed by atoms with Crippen molar-refractivity contribution in [2.45, 2.75) is 31.7 Å². The molecule has 3 aliphatic rings. The Morgan fingerprint density at radius 2 is 1.95 bits per heavy atom. The standard InChI is InChI=1S/C28H29BN2O8/c1-38-28(36)31-26(34)19-13-18(15-32)24-20(25(19)27(31)35)14-29(37)39-23(24)10-9-16(21-7-4-5-11-30-21)12-17-6-2-3-8-22(17)33/h2-8,11-12,19-20,23,25,32-33,37H,9-10,13-15H2,1H3/b16-12-/t19-,20+,23-,25-/m1/s1. The summed E-state index contributed by atoms with van der Waals surface area (Å²) in [4.78, 5) is 43.5. The highest BCUT2D eigenvalue weighted by atomic mass is 16.5. The Morgan fingerprint density at radius 3 is 2.64 bits per heavy atom. The Labute approximate surface area is 225 Å². The number of aromatic nitrogens is 1. The second-order valence-corrected chi connectivity index (χ2v) is 9.94. The lowest BCUT2D eigenvalue weighted by molar-refractivity contribution is -0.137. The van der Waals surface area contributed by atoms with Crippen LogP contribution in [0.25, 0.3) is 11.6 Å². The van der Waals surface area contributed by atoms with Gasteiger partial charge in [-0.3, -0.25) is 14.6 Å². The SMILES string of the molecule is COC(=O)N1C(=O)[C@@H]2[C@@H](CC(CO)=C3[C@@H](CC/C(=C/c4ccccc4O)c4ccccn4)OB(O)C[C@@H]32)C1=O. The number of phenols is 1. The Hall–Kier alpha value is -3.80. The van der Waals surface area contributed by atoms with E-state index >= 15 is 0 Å². The van der Waals surface area contributed by atoms with Gasteiger partial charge < -0.3 is 24.6 Å². The molecule has 3 heterocycles. The number of benzene rings is 1. The monoisotopic (exact) mass is 532 g/mol. The molecule has 3 amide bonds. The molecular formula is C28H29BN2O8. The summed E-state index contributed by atoms with van der Waals surface area (Å²) in [5.74, 6) is -3.43. The first-order valence-electron chi connectivity index (χ1n) is 12.9. The number of hydrogen-bond donors (Lipinski definition) is 3. The van der Waals surface area contributed by atoms with E-state index < -0.39 is 48.9 Å². The van der Waals surface area contributed by atoms with Gasteiger partial charge in [0.05, 0.1) is 37.4 Å². The molecule has 1 aromatic carbocycles. The molecule has 39 heavy (non-hydrogen) atoms. The summed E-state index contributed by atoms with van der Waals surface area (Å²) in [6.45, 7) is -0.342. The first-order chi connectivity index (χ1) is 18.8. The quantitative estimate of drug-likeness (QED) is 0.290. The fourth-order valence-corrected chi connectivity index (χ4v) is 6.09. The summed E-state index contributed by atoms with van der Waals surface area (Å²) in [6.07, 6.45) is 2.83. The van der Waals surface area contributed by atoms with Gasteiger partial charge in [-0.25, -0.2) is 4.79 Å². The van der Waals surface area contributed by atoms with Crippen LogP contribution >= 0.6 is 0 Å². The molecule has 0 unspecified atom stereocenters. The average molecular weight is 532 g/mol. The van der Waals surface area contributed by atoms with E-state index in [-0.39, 0.29) is 25.1 Å². The lowest BCUT2D eigenvalue weighted by Gasteiger charge is -2.42. The second-order valence-electron chi connectivity index (χ2n) is 9.94. The molecule has 5 rings (SSSR count). The first kappa shape index (κ1) is 26.8. The number of phenolic OH excluding ortho intramolecular Hbond substituents is 1. The van der Waals surface area contributed by atoms with Gasteiger partial charge in [0.15, 0.2) is 0 Å². The van der Waals surface area contributed by atoms with E-state index in [1.807, 2.05) is 24.3 Å². The van der Waals surface area contributed by atoms with Crippen LogP contribution in [0.15, 0.2) is 59.8 Å². The number of methoxy groups -OCH3 is 1. The van der Waals surface area contributed by atoms with Crippen LogP contribution in [-0.4, -0.2) is 70.0 Å². The van der Waals surface area contributed by atoms with Crippen LogP contribution in [0.3, 0.4) is 0 Å². The van der Waals surface area contributed by atoms with Gasteiger partial charge in [-0.15, -0.1) is 0 Å². The number of allylic oxidation sites excluding steroid dienone is 1. The van der Waals surface area contributed by atoms with Crippen molar-refractivity contribution in [2.24, 2.45) is 17.8 Å². The predicted octanol–water partition coefficient (Wildman–Crippen LogP) is 2.66. The topological polar surface area (TPSA) is 146 Å². The Bertz CT molecular complexity index is 1340. The van der Waals surface area contributed by atoms with Crippen LogP contribution in [0, 0.1) is 17.8 Å². The first-order valence-corrected chi connectivity index (χ1v) is 12.9. The van der Waals surface area contributed by atoms with Crippen LogP contribution in [-0.2, 0) is 19.0 Å². The molecule has 0 bridgehead atoms. The number of likely N-dealkylation sites (tertiary alicyclic amines) is 1. The van der Waals surface area contributed by atoms with E-state index in [1.54, 1.807) is 30.5 Å². The fraction of sp³-hybridized carbons (Fsp3) is 0.357. The van der Waals surface area contributed by atoms with Gasteiger partial charge in [-0.05, 0) is 72.5 Å². The highest BCUT2D eigenvalue weighted by Gasteiger charge is 2.59. The second kappa shape index (κ2) is 11.1. The zero-order chi connectivity index (χ0) is 27.7. The summed E-state index contributed by atoms with van der Waals surface area (Å²) in [5.41, 5.74) is 3.42. The summed E-state index contributed by atoms with van der Waals surface area (Å²) >= 11 is 0. The Balaban J connectivity index is 1.47. The largest absolute Gasteiger partial charge is 0.507 e. The zero-order valence-corrected chi connectivity index (χ0v) is 21.4. The van der Waals surface area contributed by atoms with Crippen LogP contribution in [0.2, 0.25) is 6.32 Å². The van der Waals surface area contributed by atoms with Crippen LogP contribution < -0.4 is 0 Å². The summed E-state index contributed by atoms with van der Waals surface area (Å²) in [5, 5.41) is 31.3. The number of aliphatic hydroxyl groups is 1. The molecule has 2 aliphatic heterocycles. The minimum Gasteiger partial charge on any atom is -0.507 e. The number of carbonyl (C=O) groups excluding carboxylic acids is 3. The van der Waals surface area contributed by atoms with E-state index in [1.165, 1.54) is 0 Å². The fourth-order valence-electron chi connectivity index (χ4n) is 6.09. The molecule has 0 radical (unpaired) electrons. The summed E-state index contributed by atoms with van der Waals surface area (Å²) in [7, 11) is -0.0953. The predicted molar refractivity (Wildman–Crippen MR) is 141 cm³/mol. The lowest BCUT2D eigenvalue weighted by atomic mass is 9.58. The number of imide groups is 3. The third-order valence-corrected chi connectivity index (χ3v) is 7.79. The summed E-state index contributed by atoms with van der Waals surface area (Å²) < 4.78 is 10.6. The smallest absolute Gasteiger partial charge is 0.455 e. The Morgan fingerprint density at radius 1 is 1.18 bits per heavy atom. The summed E-state index contributed by atoms with van der Waals surface area (Å²) in [6, 6.07) is 12.5. The molecule has 0 saturated carbocycles. The number of carbonyl (C=O) groups is 3. The van der Waals surface area contributed by atoms with E-state index in [2.05, 4.69) is 9.72 Å². The van der Waals surface area contributed by atoms with Crippen molar-refractivity contribution in [2.75, 3.05) is 13.7 Å². The van der Waals surface area contributed by atoms with Gasteiger partial charge in [0.2, 0.25) is 11.8 Å². The van der Waals surface area contributed by atoms with Gasteiger partial charge in [0, 0.05) is 11.8 Å². The maximum Gasteiger partial charge on any atom is 0.455 e. The number of para-hydroxylation sites is 1. The van der Waals surface area contributed by atoms with Gasteiger partial charge in [-0.2, -0.15) is 4.90 Å². The average Bonchev–Trinajstić information content (AvgIpc) is 3.20. The molecule has 3 N–H and O–H groups in total. The molecule has 2 fully saturated rings. The van der Waals surface area contributed by atoms with Crippen molar-refractivity contribution in [1.29, 1.82) is 0 Å². The number of ether oxygens (including phenoxy) is 1. The maximum absolute atomic E-state index is 13.3. The molecule has 1 aliphatic carbocycles. The minimum absolute atomic E-state index is 0.0609. The number of amides is 3. The van der Waals surface area contributed by atoms with E-state index in [4.69, 9.17) is 4.65 Å². The number of rotatable bonds is 6. The molecule has 202 valence electrons. The van der Waals surface area contributed by atoms with Crippen molar-refractivity contribution >= 4 is 36.7 Å². The number of aliphatic hydroxyl groups excluding tert-OH is 1. The van der Waals surface area contributed by atoms with Crippen molar-refractivity contribution in [3.8, 4) is 5.75 Å². The van der Waals surface area contributed by atoms with Crippen molar-refractivity contribution in [3.05, 3.63) is 71.1 Å². The third kappa shape index (κ3) is 5.00. The molecular weight excluding hydrogens is 503 g/mol. The van der Waals surface area contributed by atoms with Crippen LogP contribution in [0.4, 0.5) is 4.79 Å². The highest BCUT2D eigenvalue weighted by Crippen LogP contribution is 2.50. The van der Waals surface area contributed by atoms with E-state index in [0.29, 0.717) is 40.1 Å². The Kier molecular flexibility index (Phi) is 7.65. The van der Waals surface area contributed by atoms with E-state index in [0.717, 1.165) is 12.7 Å². The van der Waals surface area contributed by atoms with Gasteiger partial charge in [0.1, 0.15) is 5.75 Å². The molecule has 2 aromatic rings. The van der Waals surface area contributed by atoms with Gasteiger partial charge in [0.25, 0.3) is 0 Å². The molecule has 4 atom stereocenters. The lowest BCUT2D eigenvalue weighted by Crippen LogP contribution is -2.46. The number of hydrogen-bond acceptors (Lipinski definition) is 9. The maximum atomic E-state index is 13.3. The molecule has 0 spiro atoms. The van der Waals surface area contributed by atoms with Crippen molar-refractivity contribution in [1.82, 2.24) is 9.88 Å². The van der Waals surface area contributed by atoms with E-state index in [9.17, 15) is 29.6 Å². The number of aromatic hydroxyl groups is 1. The highest BCUT2D eigenvalue weighted by molar-refractivity contribution is 6.43. The molecule has 1 aromatic heterocycles.